The highest BCUT2D eigenvalue weighted by atomic mass is 32.1. The largest absolute Gasteiger partial charge is 0.338 e. The van der Waals surface area contributed by atoms with Gasteiger partial charge in [-0.2, -0.15) is 0 Å². The standard InChI is InChI=1S/C25H25N5O2S2/c1-14-4-5-18-12-19(6-7-20(18)26-14)28-23(31)21-13-33-24(29-21)17-8-10-30(11-9-17)25(32)22-15(2)27-16(3)34-22/h4-7,12-13,17H,8-11H2,1-3H3,(H,28,31). The van der Waals surface area contributed by atoms with Gasteiger partial charge in [0.15, 0.2) is 0 Å². The van der Waals surface area contributed by atoms with E-state index in [9.17, 15) is 9.59 Å². The van der Waals surface area contributed by atoms with Crippen LogP contribution in [0.2, 0.25) is 0 Å². The third-order valence-electron chi connectivity index (χ3n) is 6.07. The minimum atomic E-state index is -0.217. The first-order chi connectivity index (χ1) is 16.4. The summed E-state index contributed by atoms with van der Waals surface area (Å²) < 4.78 is 0. The maximum absolute atomic E-state index is 12.9. The van der Waals surface area contributed by atoms with Crippen molar-refractivity contribution in [2.75, 3.05) is 18.4 Å². The second-order valence-electron chi connectivity index (χ2n) is 8.60. The second kappa shape index (κ2) is 9.23. The molecule has 4 heterocycles. The average Bonchev–Trinajstić information content (AvgIpc) is 3.45. The average molecular weight is 492 g/mol. The Labute approximate surface area is 205 Å². The van der Waals surface area contributed by atoms with Crippen molar-refractivity contribution in [2.45, 2.75) is 39.5 Å². The number of anilines is 1. The Balaban J connectivity index is 1.21. The first-order valence-electron chi connectivity index (χ1n) is 11.2. The van der Waals surface area contributed by atoms with Crippen LogP contribution in [0.5, 0.6) is 0 Å². The molecule has 0 saturated carbocycles. The summed E-state index contributed by atoms with van der Waals surface area (Å²) in [6.07, 6.45) is 1.68. The van der Waals surface area contributed by atoms with Crippen LogP contribution in [-0.2, 0) is 0 Å². The molecular weight excluding hydrogens is 466 g/mol. The maximum Gasteiger partial charge on any atom is 0.275 e. The lowest BCUT2D eigenvalue weighted by atomic mass is 9.97. The highest BCUT2D eigenvalue weighted by Crippen LogP contribution is 2.32. The number of carbonyl (C=O) groups excluding carboxylic acids is 2. The van der Waals surface area contributed by atoms with Crippen LogP contribution in [0.15, 0.2) is 35.7 Å². The Kier molecular flexibility index (Phi) is 6.14. The molecule has 34 heavy (non-hydrogen) atoms. The lowest BCUT2D eigenvalue weighted by Crippen LogP contribution is -2.37. The van der Waals surface area contributed by atoms with Crippen LogP contribution in [0.1, 0.15) is 60.3 Å². The number of fused-ring (bicyclic) bond motifs is 1. The van der Waals surface area contributed by atoms with Gasteiger partial charge in [-0.15, -0.1) is 22.7 Å². The van der Waals surface area contributed by atoms with Crippen molar-refractivity contribution >= 4 is 51.1 Å². The lowest BCUT2D eigenvalue weighted by molar-refractivity contribution is 0.0717. The van der Waals surface area contributed by atoms with Gasteiger partial charge < -0.3 is 10.2 Å². The molecule has 1 aliphatic rings. The van der Waals surface area contributed by atoms with E-state index in [1.54, 1.807) is 0 Å². The second-order valence-corrected chi connectivity index (χ2v) is 10.7. The molecule has 1 saturated heterocycles. The summed E-state index contributed by atoms with van der Waals surface area (Å²) in [5, 5.41) is 7.62. The summed E-state index contributed by atoms with van der Waals surface area (Å²) in [7, 11) is 0. The van der Waals surface area contributed by atoms with E-state index in [4.69, 9.17) is 0 Å². The molecule has 0 radical (unpaired) electrons. The number of hydrogen-bond donors (Lipinski definition) is 1. The van der Waals surface area contributed by atoms with Gasteiger partial charge in [-0.3, -0.25) is 14.6 Å². The van der Waals surface area contributed by atoms with E-state index in [0.717, 1.165) is 55.7 Å². The Morgan fingerprint density at radius 3 is 2.56 bits per heavy atom. The van der Waals surface area contributed by atoms with Gasteiger partial charge in [0.1, 0.15) is 10.6 Å². The molecule has 0 aliphatic carbocycles. The van der Waals surface area contributed by atoms with Crippen LogP contribution < -0.4 is 5.32 Å². The fourth-order valence-electron chi connectivity index (χ4n) is 4.28. The molecule has 0 unspecified atom stereocenters. The third kappa shape index (κ3) is 4.58. The number of thiazole rings is 2. The maximum atomic E-state index is 12.9. The summed E-state index contributed by atoms with van der Waals surface area (Å²) >= 11 is 2.98. The number of carbonyl (C=O) groups is 2. The summed E-state index contributed by atoms with van der Waals surface area (Å²) in [5.41, 5.74) is 3.82. The predicted molar refractivity (Wildman–Crippen MR) is 136 cm³/mol. The SMILES string of the molecule is Cc1ccc2cc(NC(=O)c3csc(C4CCN(C(=O)c5sc(C)nc5C)CC4)n3)ccc2n1. The number of likely N-dealkylation sites (tertiary alicyclic amines) is 1. The molecule has 5 rings (SSSR count). The number of pyridine rings is 1. The van der Waals surface area contributed by atoms with Crippen LogP contribution in [0.4, 0.5) is 5.69 Å². The van der Waals surface area contributed by atoms with Crippen molar-refractivity contribution in [3.8, 4) is 0 Å². The molecule has 9 heteroatoms. The number of piperidine rings is 1. The van der Waals surface area contributed by atoms with Crippen molar-refractivity contribution in [2.24, 2.45) is 0 Å². The van der Waals surface area contributed by atoms with E-state index in [2.05, 4.69) is 20.3 Å². The van der Waals surface area contributed by atoms with Crippen molar-refractivity contribution < 1.29 is 9.59 Å². The quantitative estimate of drug-likeness (QED) is 0.416. The fraction of sp³-hybridized carbons (Fsp3) is 0.320. The molecule has 2 amide bonds. The van der Waals surface area contributed by atoms with E-state index < -0.39 is 0 Å². The van der Waals surface area contributed by atoms with Crippen molar-refractivity contribution in [1.82, 2.24) is 19.9 Å². The fourth-order valence-corrected chi connectivity index (χ4v) is 6.14. The molecule has 1 N–H and O–H groups in total. The Hall–Kier alpha value is -3.17. The van der Waals surface area contributed by atoms with Gasteiger partial charge in [0.25, 0.3) is 11.8 Å². The number of rotatable bonds is 4. The van der Waals surface area contributed by atoms with Crippen LogP contribution >= 0.6 is 22.7 Å². The van der Waals surface area contributed by atoms with E-state index in [1.165, 1.54) is 22.7 Å². The summed E-state index contributed by atoms with van der Waals surface area (Å²) in [5.74, 6) is 0.113. The van der Waals surface area contributed by atoms with Crippen LogP contribution in [0.25, 0.3) is 10.9 Å². The summed E-state index contributed by atoms with van der Waals surface area (Å²) in [4.78, 5) is 41.8. The predicted octanol–water partition coefficient (Wildman–Crippen LogP) is 5.35. The molecule has 174 valence electrons. The lowest BCUT2D eigenvalue weighted by Gasteiger charge is -2.30. The van der Waals surface area contributed by atoms with Crippen LogP contribution in [0, 0.1) is 20.8 Å². The van der Waals surface area contributed by atoms with Gasteiger partial charge in [0.05, 0.1) is 21.2 Å². The normalized spacial score (nSPS) is 14.5. The van der Waals surface area contributed by atoms with Crippen molar-refractivity contribution in [3.05, 3.63) is 67.7 Å². The highest BCUT2D eigenvalue weighted by molar-refractivity contribution is 7.13. The Bertz CT molecular complexity index is 1390. The van der Waals surface area contributed by atoms with Gasteiger partial charge >= 0.3 is 0 Å². The molecule has 1 aromatic carbocycles. The van der Waals surface area contributed by atoms with Crippen molar-refractivity contribution in [1.29, 1.82) is 0 Å². The molecule has 0 atom stereocenters. The van der Waals surface area contributed by atoms with Gasteiger partial charge in [0.2, 0.25) is 0 Å². The number of aryl methyl sites for hydroxylation is 3. The van der Waals surface area contributed by atoms with Gasteiger partial charge in [-0.1, -0.05) is 6.07 Å². The Morgan fingerprint density at radius 1 is 1.03 bits per heavy atom. The Morgan fingerprint density at radius 2 is 1.82 bits per heavy atom. The van der Waals surface area contributed by atoms with E-state index >= 15 is 0 Å². The van der Waals surface area contributed by atoms with E-state index in [1.807, 2.05) is 61.4 Å². The van der Waals surface area contributed by atoms with Crippen molar-refractivity contribution in [3.63, 3.8) is 0 Å². The first-order valence-corrected chi connectivity index (χ1v) is 12.9. The first kappa shape index (κ1) is 22.6. The van der Waals surface area contributed by atoms with Crippen LogP contribution in [-0.4, -0.2) is 44.8 Å². The van der Waals surface area contributed by atoms with Gasteiger partial charge in [-0.05, 0) is 57.9 Å². The highest BCUT2D eigenvalue weighted by Gasteiger charge is 2.28. The number of amides is 2. The molecule has 1 fully saturated rings. The zero-order chi connectivity index (χ0) is 23.8. The molecule has 3 aromatic heterocycles. The molecule has 0 spiro atoms. The smallest absolute Gasteiger partial charge is 0.275 e. The van der Waals surface area contributed by atoms with E-state index in [0.29, 0.717) is 18.8 Å². The van der Waals surface area contributed by atoms with Gasteiger partial charge in [-0.25, -0.2) is 9.97 Å². The summed E-state index contributed by atoms with van der Waals surface area (Å²) in [6.45, 7) is 7.15. The number of hydrogen-bond acceptors (Lipinski definition) is 7. The zero-order valence-corrected chi connectivity index (χ0v) is 20.9. The number of nitrogens with one attached hydrogen (secondary N) is 1. The number of aromatic nitrogens is 3. The topological polar surface area (TPSA) is 88.1 Å². The molecule has 0 bridgehead atoms. The monoisotopic (exact) mass is 491 g/mol. The number of benzene rings is 1. The zero-order valence-electron chi connectivity index (χ0n) is 19.3. The minimum Gasteiger partial charge on any atom is -0.338 e. The van der Waals surface area contributed by atoms with Crippen LogP contribution in [0.3, 0.4) is 0 Å². The third-order valence-corrected chi connectivity index (χ3v) is 8.14. The van der Waals surface area contributed by atoms with Gasteiger partial charge in [0, 0.05) is 41.2 Å². The molecule has 4 aromatic rings. The number of nitrogens with zero attached hydrogens (tertiary/aromatic N) is 4. The summed E-state index contributed by atoms with van der Waals surface area (Å²) in [6, 6.07) is 9.65. The molecule has 7 nitrogen and oxygen atoms in total. The molecular formula is C25H25N5O2S2. The van der Waals surface area contributed by atoms with E-state index in [-0.39, 0.29) is 17.7 Å². The minimum absolute atomic E-state index is 0.0708. The molecule has 1 aliphatic heterocycles.